The molecule has 6 heteroatoms. The molecule has 0 saturated heterocycles. The Morgan fingerprint density at radius 3 is 2.40 bits per heavy atom. The molecule has 2 atom stereocenters. The average Bonchev–Trinajstić information content (AvgIpc) is 2.17. The first-order valence-electron chi connectivity index (χ1n) is 4.69. The van der Waals surface area contributed by atoms with Crippen molar-refractivity contribution in [3.8, 4) is 0 Å². The molecule has 0 aromatic rings. The molecule has 0 aliphatic heterocycles. The molecule has 88 valence electrons. The molecule has 6 nitrogen and oxygen atoms in total. The minimum Gasteiger partial charge on any atom is -0.480 e. The maximum absolute atomic E-state index is 11.6. The molecule has 3 N–H and O–H groups in total. The number of carboxylic acid groups (broad SMARTS) is 1. The van der Waals surface area contributed by atoms with E-state index in [2.05, 4.69) is 0 Å². The topological polar surface area (TPSA) is 92.9 Å². The van der Waals surface area contributed by atoms with Crippen LogP contribution >= 0.6 is 0 Å². The minimum atomic E-state index is -1.03. The maximum Gasteiger partial charge on any atom is 0.326 e. The first-order chi connectivity index (χ1) is 6.95. The molecule has 1 amide bonds. The summed E-state index contributed by atoms with van der Waals surface area (Å²) in [5.41, 5.74) is 5.51. The summed E-state index contributed by atoms with van der Waals surface area (Å²) in [6, 6.07) is -1.64. The van der Waals surface area contributed by atoms with Gasteiger partial charge in [-0.25, -0.2) is 4.79 Å². The first-order valence-corrected chi connectivity index (χ1v) is 4.69. The lowest BCUT2D eigenvalue weighted by Crippen LogP contribution is -2.50. The summed E-state index contributed by atoms with van der Waals surface area (Å²) in [5.74, 6) is -1.45. The number of carbonyl (C=O) groups excluding carboxylic acids is 1. The van der Waals surface area contributed by atoms with Gasteiger partial charge in [-0.15, -0.1) is 0 Å². The third-order valence-corrected chi connectivity index (χ3v) is 2.15. The Morgan fingerprint density at radius 1 is 1.53 bits per heavy atom. The molecular weight excluding hydrogens is 200 g/mol. The van der Waals surface area contributed by atoms with Crippen molar-refractivity contribution in [2.24, 2.45) is 5.73 Å². The Labute approximate surface area is 89.0 Å². The van der Waals surface area contributed by atoms with Gasteiger partial charge in [0.1, 0.15) is 12.1 Å². The summed E-state index contributed by atoms with van der Waals surface area (Å²) in [5, 5.41) is 8.84. The number of likely N-dealkylation sites (N-methyl/N-ethyl adjacent to an activating group) is 1. The van der Waals surface area contributed by atoms with Crippen molar-refractivity contribution < 1.29 is 19.4 Å². The molecule has 0 aliphatic rings. The average molecular weight is 218 g/mol. The van der Waals surface area contributed by atoms with Gasteiger partial charge in [-0.05, 0) is 6.42 Å². The SMILES string of the molecule is CCC(C(=O)O)N(C)C(=O)C(N)COC. The molecule has 0 spiro atoms. The predicted molar refractivity (Wildman–Crippen MR) is 54.3 cm³/mol. The lowest BCUT2D eigenvalue weighted by atomic mass is 10.1. The summed E-state index contributed by atoms with van der Waals surface area (Å²) in [7, 11) is 2.86. The standard InChI is InChI=1S/C9H18N2O4/c1-4-7(9(13)14)11(2)8(12)6(10)5-15-3/h6-7H,4-5,10H2,1-3H3,(H,13,14). The van der Waals surface area contributed by atoms with Gasteiger partial charge in [0.2, 0.25) is 5.91 Å². The van der Waals surface area contributed by atoms with Gasteiger partial charge in [-0.2, -0.15) is 0 Å². The highest BCUT2D eigenvalue weighted by Gasteiger charge is 2.27. The fourth-order valence-electron chi connectivity index (χ4n) is 1.28. The van der Waals surface area contributed by atoms with Gasteiger partial charge in [-0.1, -0.05) is 6.92 Å². The first kappa shape index (κ1) is 13.9. The van der Waals surface area contributed by atoms with Crippen molar-refractivity contribution in [3.63, 3.8) is 0 Å². The molecule has 0 rings (SSSR count). The monoisotopic (exact) mass is 218 g/mol. The third-order valence-electron chi connectivity index (χ3n) is 2.15. The normalized spacial score (nSPS) is 14.4. The predicted octanol–water partition coefficient (Wildman–Crippen LogP) is -0.718. The highest BCUT2D eigenvalue weighted by Crippen LogP contribution is 2.04. The van der Waals surface area contributed by atoms with Crippen LogP contribution in [-0.2, 0) is 14.3 Å². The zero-order valence-electron chi connectivity index (χ0n) is 9.27. The smallest absolute Gasteiger partial charge is 0.326 e. The van der Waals surface area contributed by atoms with E-state index < -0.39 is 24.0 Å². The van der Waals surface area contributed by atoms with Gasteiger partial charge in [0.25, 0.3) is 0 Å². The number of amides is 1. The second-order valence-corrected chi connectivity index (χ2v) is 3.27. The number of rotatable bonds is 6. The van der Waals surface area contributed by atoms with Crippen LogP contribution in [0.5, 0.6) is 0 Å². The number of carboxylic acids is 1. The van der Waals surface area contributed by atoms with E-state index in [-0.39, 0.29) is 6.61 Å². The van der Waals surface area contributed by atoms with Crippen molar-refractivity contribution in [1.82, 2.24) is 4.90 Å². The van der Waals surface area contributed by atoms with E-state index in [1.165, 1.54) is 14.2 Å². The quantitative estimate of drug-likeness (QED) is 0.614. The molecule has 0 heterocycles. The molecule has 0 saturated carbocycles. The molecule has 0 aromatic carbocycles. The number of methoxy groups -OCH3 is 1. The van der Waals surface area contributed by atoms with Crippen molar-refractivity contribution in [1.29, 1.82) is 0 Å². The van der Waals surface area contributed by atoms with Crippen molar-refractivity contribution in [2.75, 3.05) is 20.8 Å². The molecule has 0 aliphatic carbocycles. The minimum absolute atomic E-state index is 0.0826. The van der Waals surface area contributed by atoms with Crippen molar-refractivity contribution in [3.05, 3.63) is 0 Å². The van der Waals surface area contributed by atoms with Crippen LogP contribution in [0, 0.1) is 0 Å². The van der Waals surface area contributed by atoms with Crippen LogP contribution in [0.25, 0.3) is 0 Å². The lowest BCUT2D eigenvalue weighted by Gasteiger charge is -2.26. The molecule has 15 heavy (non-hydrogen) atoms. The van der Waals surface area contributed by atoms with E-state index >= 15 is 0 Å². The van der Waals surface area contributed by atoms with E-state index in [1.54, 1.807) is 6.92 Å². The fourth-order valence-corrected chi connectivity index (χ4v) is 1.28. The van der Waals surface area contributed by atoms with Crippen LogP contribution in [-0.4, -0.2) is 54.7 Å². The zero-order valence-corrected chi connectivity index (χ0v) is 9.27. The number of carbonyl (C=O) groups is 2. The summed E-state index contributed by atoms with van der Waals surface area (Å²) in [6.07, 6.45) is 0.345. The Kier molecular flexibility index (Phi) is 5.88. The Balaban J connectivity index is 4.47. The van der Waals surface area contributed by atoms with Crippen LogP contribution in [0.3, 0.4) is 0 Å². The van der Waals surface area contributed by atoms with Gasteiger partial charge >= 0.3 is 5.97 Å². The van der Waals surface area contributed by atoms with Crippen LogP contribution in [0.15, 0.2) is 0 Å². The van der Waals surface area contributed by atoms with E-state index in [9.17, 15) is 9.59 Å². The molecule has 0 aromatic heterocycles. The third kappa shape index (κ3) is 3.85. The number of nitrogens with two attached hydrogens (primary N) is 1. The summed E-state index contributed by atoms with van der Waals surface area (Å²) < 4.78 is 4.73. The van der Waals surface area contributed by atoms with Gasteiger partial charge in [0.05, 0.1) is 6.61 Å². The molecule has 0 radical (unpaired) electrons. The van der Waals surface area contributed by atoms with E-state index in [4.69, 9.17) is 15.6 Å². The van der Waals surface area contributed by atoms with E-state index in [0.29, 0.717) is 6.42 Å². The van der Waals surface area contributed by atoms with Gasteiger partial charge < -0.3 is 20.5 Å². The van der Waals surface area contributed by atoms with Crippen LogP contribution in [0.2, 0.25) is 0 Å². The van der Waals surface area contributed by atoms with Crippen molar-refractivity contribution >= 4 is 11.9 Å². The number of hydrogen-bond donors (Lipinski definition) is 2. The maximum atomic E-state index is 11.6. The van der Waals surface area contributed by atoms with Crippen LogP contribution < -0.4 is 5.73 Å². The Hall–Kier alpha value is -1.14. The Morgan fingerprint density at radius 2 is 2.07 bits per heavy atom. The van der Waals surface area contributed by atoms with E-state index in [0.717, 1.165) is 4.90 Å². The second-order valence-electron chi connectivity index (χ2n) is 3.27. The fraction of sp³-hybridized carbons (Fsp3) is 0.778. The molecule has 2 unspecified atom stereocenters. The Bertz CT molecular complexity index is 232. The zero-order chi connectivity index (χ0) is 12.0. The number of hydrogen-bond acceptors (Lipinski definition) is 4. The number of aliphatic carboxylic acids is 1. The van der Waals surface area contributed by atoms with Crippen molar-refractivity contribution in [2.45, 2.75) is 25.4 Å². The lowest BCUT2D eigenvalue weighted by molar-refractivity contribution is -0.150. The van der Waals surface area contributed by atoms with Crippen LogP contribution in [0.1, 0.15) is 13.3 Å². The van der Waals surface area contributed by atoms with Gasteiger partial charge in [0.15, 0.2) is 0 Å². The number of nitrogens with zero attached hydrogens (tertiary/aromatic N) is 1. The highest BCUT2D eigenvalue weighted by molar-refractivity contribution is 5.86. The van der Waals surface area contributed by atoms with Gasteiger partial charge in [0, 0.05) is 14.2 Å². The highest BCUT2D eigenvalue weighted by atomic mass is 16.5. The van der Waals surface area contributed by atoms with E-state index in [1.807, 2.05) is 0 Å². The summed E-state index contributed by atoms with van der Waals surface area (Å²) in [4.78, 5) is 23.5. The molecular formula is C9H18N2O4. The van der Waals surface area contributed by atoms with Gasteiger partial charge in [-0.3, -0.25) is 4.79 Å². The largest absolute Gasteiger partial charge is 0.480 e. The molecule has 0 fully saturated rings. The summed E-state index contributed by atoms with van der Waals surface area (Å²) in [6.45, 7) is 1.78. The van der Waals surface area contributed by atoms with Crippen LogP contribution in [0.4, 0.5) is 0 Å². The second kappa shape index (κ2) is 6.36. The molecule has 0 bridgehead atoms. The number of ether oxygens (including phenoxy) is 1. The summed E-state index contributed by atoms with van der Waals surface area (Å²) >= 11 is 0.